The molecule has 4 aromatic rings. The predicted octanol–water partition coefficient (Wildman–Crippen LogP) is 2.72. The number of nitrogens with one attached hydrogen (secondary N) is 1. The number of carbonyl (C=O) groups excluding carboxylic acids is 1. The van der Waals surface area contributed by atoms with Crippen LogP contribution in [0, 0.1) is 0 Å². The van der Waals surface area contributed by atoms with Crippen LogP contribution in [0.2, 0.25) is 0 Å². The van der Waals surface area contributed by atoms with Crippen LogP contribution in [0.25, 0.3) is 17.1 Å². The second-order valence-electron chi connectivity index (χ2n) is 6.01. The van der Waals surface area contributed by atoms with Crippen molar-refractivity contribution in [2.24, 2.45) is 0 Å². The van der Waals surface area contributed by atoms with Gasteiger partial charge >= 0.3 is 0 Å². The van der Waals surface area contributed by atoms with Gasteiger partial charge in [-0.3, -0.25) is 19.9 Å². The molecule has 0 bridgehead atoms. The molecule has 0 radical (unpaired) electrons. The lowest BCUT2D eigenvalue weighted by molar-refractivity contribution is 0.101. The number of ether oxygens (including phenoxy) is 1. The second-order valence-corrected chi connectivity index (χ2v) is 6.87. The number of carbonyl (C=O) groups is 1. The Kier molecular flexibility index (Phi) is 5.22. The SMILES string of the molecule is COc1ccccc1-n1nc(C(=O)Nc2nc(-c3ccccn3)cs2)c(O)cc1=O. The first-order chi connectivity index (χ1) is 14.6. The largest absolute Gasteiger partial charge is 0.505 e. The van der Waals surface area contributed by atoms with Gasteiger partial charge in [0.1, 0.15) is 17.1 Å². The molecule has 1 amide bonds. The molecule has 0 saturated carbocycles. The first kappa shape index (κ1) is 19.3. The fourth-order valence-electron chi connectivity index (χ4n) is 2.71. The third kappa shape index (κ3) is 3.76. The number of pyridine rings is 1. The highest BCUT2D eigenvalue weighted by molar-refractivity contribution is 7.14. The number of nitrogens with zero attached hydrogens (tertiary/aromatic N) is 4. The van der Waals surface area contributed by atoms with E-state index in [1.54, 1.807) is 48.0 Å². The van der Waals surface area contributed by atoms with Crippen molar-refractivity contribution in [3.63, 3.8) is 0 Å². The van der Waals surface area contributed by atoms with Crippen LogP contribution in [0.5, 0.6) is 11.5 Å². The van der Waals surface area contributed by atoms with Crippen molar-refractivity contribution >= 4 is 22.4 Å². The van der Waals surface area contributed by atoms with E-state index in [2.05, 4.69) is 20.4 Å². The number of aromatic hydroxyl groups is 1. The van der Waals surface area contributed by atoms with Crippen molar-refractivity contribution in [1.82, 2.24) is 19.7 Å². The molecular weight excluding hydrogens is 406 g/mol. The van der Waals surface area contributed by atoms with Gasteiger partial charge < -0.3 is 9.84 Å². The molecule has 0 aliphatic heterocycles. The Morgan fingerprint density at radius 2 is 1.97 bits per heavy atom. The Morgan fingerprint density at radius 3 is 2.73 bits per heavy atom. The standard InChI is InChI=1S/C20H15N5O4S/c1-29-16-8-3-2-7-14(16)25-17(27)10-15(26)18(24-25)19(28)23-20-22-13(11-30-20)12-6-4-5-9-21-12/h2-11,26H,1H3,(H,22,23,28). The van der Waals surface area contributed by atoms with E-state index in [0.717, 1.165) is 10.7 Å². The van der Waals surface area contributed by atoms with Crippen LogP contribution in [0.1, 0.15) is 10.5 Å². The predicted molar refractivity (Wildman–Crippen MR) is 111 cm³/mol. The molecule has 0 unspecified atom stereocenters. The maximum Gasteiger partial charge on any atom is 0.281 e. The van der Waals surface area contributed by atoms with Crippen molar-refractivity contribution in [2.75, 3.05) is 12.4 Å². The molecule has 0 saturated heterocycles. The van der Waals surface area contributed by atoms with Crippen molar-refractivity contribution in [3.8, 4) is 28.6 Å². The number of hydrogen-bond donors (Lipinski definition) is 2. The van der Waals surface area contributed by atoms with E-state index >= 15 is 0 Å². The van der Waals surface area contributed by atoms with Crippen LogP contribution in [-0.2, 0) is 0 Å². The summed E-state index contributed by atoms with van der Waals surface area (Å²) in [6.07, 6.45) is 1.65. The summed E-state index contributed by atoms with van der Waals surface area (Å²) in [7, 11) is 1.46. The van der Waals surface area contributed by atoms with E-state index in [1.165, 1.54) is 18.4 Å². The van der Waals surface area contributed by atoms with Gasteiger partial charge in [-0.2, -0.15) is 9.78 Å². The molecule has 30 heavy (non-hydrogen) atoms. The Balaban J connectivity index is 1.65. The zero-order valence-electron chi connectivity index (χ0n) is 15.6. The maximum atomic E-state index is 12.7. The van der Waals surface area contributed by atoms with Crippen molar-refractivity contribution < 1.29 is 14.6 Å². The topological polar surface area (TPSA) is 119 Å². The van der Waals surface area contributed by atoms with E-state index in [1.807, 2.05) is 6.07 Å². The van der Waals surface area contributed by atoms with Gasteiger partial charge in [0.05, 0.1) is 12.8 Å². The van der Waals surface area contributed by atoms with Crippen LogP contribution in [0.15, 0.2) is 64.9 Å². The summed E-state index contributed by atoms with van der Waals surface area (Å²) < 4.78 is 6.24. The molecule has 1 aromatic carbocycles. The number of methoxy groups -OCH3 is 1. The Bertz CT molecular complexity index is 1270. The molecule has 0 fully saturated rings. The maximum absolute atomic E-state index is 12.7. The minimum atomic E-state index is -0.710. The Morgan fingerprint density at radius 1 is 1.17 bits per heavy atom. The smallest absolute Gasteiger partial charge is 0.281 e. The molecule has 9 nitrogen and oxygen atoms in total. The van der Waals surface area contributed by atoms with E-state index < -0.39 is 17.2 Å². The van der Waals surface area contributed by atoms with Crippen LogP contribution >= 0.6 is 11.3 Å². The first-order valence-electron chi connectivity index (χ1n) is 8.72. The molecule has 0 aliphatic carbocycles. The molecule has 0 spiro atoms. The number of anilines is 1. The molecule has 0 atom stereocenters. The number of hydrogen-bond acceptors (Lipinski definition) is 8. The van der Waals surface area contributed by atoms with Crippen LogP contribution in [-0.4, -0.2) is 37.9 Å². The number of para-hydroxylation sites is 2. The molecule has 3 aromatic heterocycles. The van der Waals surface area contributed by atoms with Gasteiger partial charge in [0.15, 0.2) is 16.6 Å². The summed E-state index contributed by atoms with van der Waals surface area (Å²) in [5.74, 6) is -0.854. The normalized spacial score (nSPS) is 10.6. The lowest BCUT2D eigenvalue weighted by Gasteiger charge is -2.11. The van der Waals surface area contributed by atoms with Crippen LogP contribution in [0.4, 0.5) is 5.13 Å². The molecule has 2 N–H and O–H groups in total. The summed E-state index contributed by atoms with van der Waals surface area (Å²) in [5, 5.41) is 18.8. The average Bonchev–Trinajstić information content (AvgIpc) is 3.23. The van der Waals surface area contributed by atoms with Crippen molar-refractivity contribution in [3.05, 3.63) is 76.2 Å². The van der Waals surface area contributed by atoms with Crippen molar-refractivity contribution in [1.29, 1.82) is 0 Å². The fourth-order valence-corrected chi connectivity index (χ4v) is 3.40. The van der Waals surface area contributed by atoms with Crippen LogP contribution < -0.4 is 15.6 Å². The van der Waals surface area contributed by atoms with E-state index in [4.69, 9.17) is 4.74 Å². The number of benzene rings is 1. The third-order valence-electron chi connectivity index (χ3n) is 4.09. The molecular formula is C20H15N5O4S. The highest BCUT2D eigenvalue weighted by Gasteiger charge is 2.19. The van der Waals surface area contributed by atoms with Gasteiger partial charge in [-0.1, -0.05) is 18.2 Å². The van der Waals surface area contributed by atoms with Gasteiger partial charge in [-0.15, -0.1) is 11.3 Å². The number of amides is 1. The fraction of sp³-hybridized carbons (Fsp3) is 0.0500. The highest BCUT2D eigenvalue weighted by atomic mass is 32.1. The zero-order chi connectivity index (χ0) is 21.1. The quantitative estimate of drug-likeness (QED) is 0.508. The Hall–Kier alpha value is -4.05. The van der Waals surface area contributed by atoms with E-state index in [-0.39, 0.29) is 5.69 Å². The monoisotopic (exact) mass is 421 g/mol. The highest BCUT2D eigenvalue weighted by Crippen LogP contribution is 2.25. The molecule has 10 heteroatoms. The lowest BCUT2D eigenvalue weighted by atomic mass is 10.3. The van der Waals surface area contributed by atoms with E-state index in [0.29, 0.717) is 28.0 Å². The van der Waals surface area contributed by atoms with E-state index in [9.17, 15) is 14.7 Å². The molecule has 150 valence electrons. The van der Waals surface area contributed by atoms with Gasteiger partial charge in [0.25, 0.3) is 11.5 Å². The number of thiazole rings is 1. The zero-order valence-corrected chi connectivity index (χ0v) is 16.5. The third-order valence-corrected chi connectivity index (χ3v) is 4.85. The van der Waals surface area contributed by atoms with Gasteiger partial charge in [-0.25, -0.2) is 4.98 Å². The number of rotatable bonds is 5. The summed E-state index contributed by atoms with van der Waals surface area (Å²) in [6, 6.07) is 13.1. The summed E-state index contributed by atoms with van der Waals surface area (Å²) >= 11 is 1.20. The molecule has 4 rings (SSSR count). The second kappa shape index (κ2) is 8.13. The van der Waals surface area contributed by atoms with Crippen LogP contribution in [0.3, 0.4) is 0 Å². The van der Waals surface area contributed by atoms with Gasteiger partial charge in [0.2, 0.25) is 0 Å². The Labute approximate surface area is 174 Å². The average molecular weight is 421 g/mol. The molecule has 3 heterocycles. The summed E-state index contributed by atoms with van der Waals surface area (Å²) in [4.78, 5) is 33.6. The van der Waals surface area contributed by atoms with Crippen molar-refractivity contribution in [2.45, 2.75) is 0 Å². The van der Waals surface area contributed by atoms with Gasteiger partial charge in [0, 0.05) is 17.6 Å². The number of aromatic nitrogens is 4. The summed E-state index contributed by atoms with van der Waals surface area (Å²) in [6.45, 7) is 0. The lowest BCUT2D eigenvalue weighted by Crippen LogP contribution is -2.25. The molecule has 0 aliphatic rings. The first-order valence-corrected chi connectivity index (χ1v) is 9.60. The summed E-state index contributed by atoms with van der Waals surface area (Å²) in [5.41, 5.74) is 0.674. The minimum Gasteiger partial charge on any atom is -0.505 e. The van der Waals surface area contributed by atoms with Gasteiger partial charge in [-0.05, 0) is 24.3 Å². The minimum absolute atomic E-state index is 0.303.